The second-order valence-electron chi connectivity index (χ2n) is 4.31. The highest BCUT2D eigenvalue weighted by atomic mass is 35.5. The molecule has 0 aliphatic carbocycles. The van der Waals surface area contributed by atoms with Gasteiger partial charge in [-0.2, -0.15) is 5.26 Å². The zero-order valence-corrected chi connectivity index (χ0v) is 12.3. The van der Waals surface area contributed by atoms with Crippen LogP contribution in [0.1, 0.15) is 17.9 Å². The quantitative estimate of drug-likeness (QED) is 0.865. The van der Waals surface area contributed by atoms with Crippen molar-refractivity contribution in [2.75, 3.05) is 5.75 Å². The highest BCUT2D eigenvalue weighted by molar-refractivity contribution is 8.03. The van der Waals surface area contributed by atoms with Gasteiger partial charge in [-0.3, -0.25) is 4.79 Å². The summed E-state index contributed by atoms with van der Waals surface area (Å²) in [5.41, 5.74) is 1.52. The minimum atomic E-state index is -0.210. The monoisotopic (exact) mass is 304 g/mol. The third kappa shape index (κ3) is 3.24. The number of amides is 1. The van der Waals surface area contributed by atoms with Crippen molar-refractivity contribution in [2.24, 2.45) is 0 Å². The van der Waals surface area contributed by atoms with Gasteiger partial charge in [0.2, 0.25) is 5.91 Å². The van der Waals surface area contributed by atoms with Crippen molar-refractivity contribution in [1.29, 1.82) is 5.26 Å². The first-order valence-corrected chi connectivity index (χ1v) is 7.45. The molecule has 1 aliphatic heterocycles. The maximum Gasteiger partial charge on any atom is 0.225 e. The Balaban J connectivity index is 2.39. The van der Waals surface area contributed by atoms with E-state index in [1.807, 2.05) is 12.1 Å². The molecular formula is C15H13ClN2OS. The second kappa shape index (κ2) is 6.65. The molecule has 0 bridgehead atoms. The first-order valence-electron chi connectivity index (χ1n) is 6.09. The Morgan fingerprint density at radius 2 is 2.20 bits per heavy atom. The lowest BCUT2D eigenvalue weighted by Crippen LogP contribution is -2.30. The molecule has 0 unspecified atom stereocenters. The molecule has 1 aliphatic rings. The Labute approximate surface area is 127 Å². The van der Waals surface area contributed by atoms with Gasteiger partial charge in [0.15, 0.2) is 0 Å². The van der Waals surface area contributed by atoms with Crippen LogP contribution in [0.15, 0.2) is 47.5 Å². The predicted octanol–water partition coefficient (Wildman–Crippen LogP) is 3.60. The molecule has 1 aromatic carbocycles. The SMILES string of the molecule is C=CCSC1=C(C#N)[C@@H](c2ccc(Cl)cc2)CC(=O)N1. The molecule has 1 amide bonds. The van der Waals surface area contributed by atoms with Crippen molar-refractivity contribution in [3.8, 4) is 6.07 Å². The number of allylic oxidation sites excluding steroid dienone is 1. The number of nitriles is 1. The maximum atomic E-state index is 11.8. The summed E-state index contributed by atoms with van der Waals surface area (Å²) in [7, 11) is 0. The summed E-state index contributed by atoms with van der Waals surface area (Å²) in [5.74, 6) is 0.363. The number of thioether (sulfide) groups is 1. The molecule has 2 rings (SSSR count). The molecule has 0 aromatic heterocycles. The third-order valence-corrected chi connectivity index (χ3v) is 4.24. The van der Waals surface area contributed by atoms with E-state index in [1.54, 1.807) is 18.2 Å². The van der Waals surface area contributed by atoms with Crippen LogP contribution in [0.25, 0.3) is 0 Å². The minimum absolute atomic E-state index is 0.0736. The first kappa shape index (κ1) is 14.7. The van der Waals surface area contributed by atoms with Crippen molar-refractivity contribution in [3.05, 3.63) is 58.1 Å². The molecule has 102 valence electrons. The van der Waals surface area contributed by atoms with Crippen molar-refractivity contribution in [2.45, 2.75) is 12.3 Å². The summed E-state index contributed by atoms with van der Waals surface area (Å²) < 4.78 is 0. The third-order valence-electron chi connectivity index (χ3n) is 2.97. The van der Waals surface area contributed by atoms with Crippen molar-refractivity contribution >= 4 is 29.3 Å². The fraction of sp³-hybridized carbons (Fsp3) is 0.200. The molecule has 1 N–H and O–H groups in total. The fourth-order valence-electron chi connectivity index (χ4n) is 2.06. The van der Waals surface area contributed by atoms with Crippen LogP contribution in [0.2, 0.25) is 5.02 Å². The molecule has 1 heterocycles. The molecule has 1 atom stereocenters. The van der Waals surface area contributed by atoms with Crippen LogP contribution >= 0.6 is 23.4 Å². The van der Waals surface area contributed by atoms with E-state index < -0.39 is 0 Å². The van der Waals surface area contributed by atoms with Gasteiger partial charge in [0, 0.05) is 23.1 Å². The number of hydrogen-bond acceptors (Lipinski definition) is 3. The molecule has 5 heteroatoms. The fourth-order valence-corrected chi connectivity index (χ4v) is 3.00. The minimum Gasteiger partial charge on any atom is -0.320 e. The second-order valence-corrected chi connectivity index (χ2v) is 5.78. The largest absolute Gasteiger partial charge is 0.320 e. The zero-order valence-electron chi connectivity index (χ0n) is 10.7. The van der Waals surface area contributed by atoms with E-state index in [9.17, 15) is 10.1 Å². The normalized spacial score (nSPS) is 18.4. The maximum absolute atomic E-state index is 11.8. The Morgan fingerprint density at radius 3 is 2.80 bits per heavy atom. The predicted molar refractivity (Wildman–Crippen MR) is 82.2 cm³/mol. The molecule has 0 spiro atoms. The summed E-state index contributed by atoms with van der Waals surface area (Å²) >= 11 is 7.29. The number of carbonyl (C=O) groups excluding carboxylic acids is 1. The van der Waals surface area contributed by atoms with Crippen molar-refractivity contribution < 1.29 is 4.79 Å². The van der Waals surface area contributed by atoms with E-state index in [1.165, 1.54) is 11.8 Å². The van der Waals surface area contributed by atoms with Gasteiger partial charge in [0.25, 0.3) is 0 Å². The molecule has 0 saturated carbocycles. The molecule has 3 nitrogen and oxygen atoms in total. The lowest BCUT2D eigenvalue weighted by Gasteiger charge is -2.24. The van der Waals surface area contributed by atoms with Gasteiger partial charge in [-0.1, -0.05) is 29.8 Å². The number of carbonyl (C=O) groups is 1. The van der Waals surface area contributed by atoms with Crippen molar-refractivity contribution in [3.63, 3.8) is 0 Å². The number of rotatable bonds is 4. The standard InChI is InChI=1S/C15H13ClN2OS/c1-2-7-20-15-13(9-17)12(8-14(19)18-15)10-3-5-11(16)6-4-10/h2-6,12H,1,7-8H2,(H,18,19)/t12-/m1/s1. The van der Waals surface area contributed by atoms with Crippen LogP contribution in [0.5, 0.6) is 0 Å². The van der Waals surface area contributed by atoms with Gasteiger partial charge in [-0.15, -0.1) is 18.3 Å². The van der Waals surface area contributed by atoms with Gasteiger partial charge in [0.05, 0.1) is 16.7 Å². The van der Waals surface area contributed by atoms with Gasteiger partial charge in [-0.05, 0) is 17.7 Å². The van der Waals surface area contributed by atoms with Gasteiger partial charge in [0.1, 0.15) is 0 Å². The molecule has 20 heavy (non-hydrogen) atoms. The van der Waals surface area contributed by atoms with Gasteiger partial charge < -0.3 is 5.32 Å². The average Bonchev–Trinajstić information content (AvgIpc) is 2.45. The number of nitrogens with one attached hydrogen (secondary N) is 1. The smallest absolute Gasteiger partial charge is 0.225 e. The van der Waals surface area contributed by atoms with E-state index in [0.717, 1.165) is 5.56 Å². The Bertz CT molecular complexity index is 601. The summed E-state index contributed by atoms with van der Waals surface area (Å²) in [6, 6.07) is 9.49. The Hall–Kier alpha value is -1.70. The lowest BCUT2D eigenvalue weighted by molar-refractivity contribution is -0.120. The lowest BCUT2D eigenvalue weighted by atomic mass is 9.87. The molecule has 1 aromatic rings. The van der Waals surface area contributed by atoms with Crippen LogP contribution in [0, 0.1) is 11.3 Å². The van der Waals surface area contributed by atoms with E-state index in [4.69, 9.17) is 11.6 Å². The summed E-state index contributed by atoms with van der Waals surface area (Å²) in [6.45, 7) is 3.65. The van der Waals surface area contributed by atoms with E-state index in [2.05, 4.69) is 18.0 Å². The van der Waals surface area contributed by atoms with Crippen LogP contribution in [-0.4, -0.2) is 11.7 Å². The topological polar surface area (TPSA) is 52.9 Å². The average molecular weight is 305 g/mol. The first-order chi connectivity index (χ1) is 9.65. The molecule has 0 saturated heterocycles. The number of benzene rings is 1. The van der Waals surface area contributed by atoms with Crippen LogP contribution < -0.4 is 5.32 Å². The summed E-state index contributed by atoms with van der Waals surface area (Å²) in [5, 5.41) is 13.4. The van der Waals surface area contributed by atoms with E-state index >= 15 is 0 Å². The zero-order chi connectivity index (χ0) is 14.5. The van der Waals surface area contributed by atoms with Crippen LogP contribution in [0.3, 0.4) is 0 Å². The van der Waals surface area contributed by atoms with E-state index in [0.29, 0.717) is 21.4 Å². The summed E-state index contributed by atoms with van der Waals surface area (Å²) in [6.07, 6.45) is 2.02. The molecule has 0 fully saturated rings. The van der Waals surface area contributed by atoms with Crippen molar-refractivity contribution in [1.82, 2.24) is 5.32 Å². The van der Waals surface area contributed by atoms with Crippen LogP contribution in [0.4, 0.5) is 0 Å². The Kier molecular flexibility index (Phi) is 4.89. The highest BCUT2D eigenvalue weighted by Gasteiger charge is 2.29. The van der Waals surface area contributed by atoms with Crippen LogP contribution in [-0.2, 0) is 4.79 Å². The van der Waals surface area contributed by atoms with Gasteiger partial charge in [-0.25, -0.2) is 0 Å². The number of halogens is 1. The summed E-state index contributed by atoms with van der Waals surface area (Å²) in [4.78, 5) is 11.8. The number of nitrogens with zero attached hydrogens (tertiary/aromatic N) is 1. The Morgan fingerprint density at radius 1 is 1.50 bits per heavy atom. The van der Waals surface area contributed by atoms with E-state index in [-0.39, 0.29) is 18.2 Å². The van der Waals surface area contributed by atoms with Gasteiger partial charge >= 0.3 is 0 Å². The number of hydrogen-bond donors (Lipinski definition) is 1. The highest BCUT2D eigenvalue weighted by Crippen LogP contribution is 2.36. The molecule has 0 radical (unpaired) electrons. The molecular weight excluding hydrogens is 292 g/mol.